The number of amides is 5. The van der Waals surface area contributed by atoms with Gasteiger partial charge in [-0.1, -0.05) is 24.3 Å². The molecule has 0 aliphatic carbocycles. The molecule has 17 nitrogen and oxygen atoms in total. The van der Waals surface area contributed by atoms with Crippen molar-refractivity contribution >= 4 is 29.5 Å². The Hall–Kier alpha value is -4.65. The molecule has 334 valence electrons. The van der Waals surface area contributed by atoms with E-state index in [-0.39, 0.29) is 68.4 Å². The summed E-state index contributed by atoms with van der Waals surface area (Å²) in [7, 11) is 8.83. The number of rotatable bonds is 23. The van der Waals surface area contributed by atoms with Crippen molar-refractivity contribution in [2.24, 2.45) is 0 Å². The summed E-state index contributed by atoms with van der Waals surface area (Å²) in [4.78, 5) is 66.9. The molecule has 12 N–H and O–H groups in total. The fourth-order valence-electron chi connectivity index (χ4n) is 7.18. The van der Waals surface area contributed by atoms with E-state index in [9.17, 15) is 34.2 Å². The number of carbonyl (C=O) groups excluding carboxylic acids is 5. The molecular weight excluding hydrogens is 769 g/mol. The summed E-state index contributed by atoms with van der Waals surface area (Å²) in [5.41, 5.74) is 3.84. The third-order valence-electron chi connectivity index (χ3n) is 11.0. The van der Waals surface area contributed by atoms with Crippen LogP contribution >= 0.6 is 0 Å². The van der Waals surface area contributed by atoms with Crippen LogP contribution in [0.25, 0.3) is 11.1 Å². The Morgan fingerprint density at radius 3 is 2.18 bits per heavy atom. The lowest BCUT2D eigenvalue weighted by molar-refractivity contribution is -0.133. The molecule has 2 aromatic carbocycles. The predicted molar refractivity (Wildman–Crippen MR) is 233 cm³/mol. The monoisotopic (exact) mass is 839 g/mol. The lowest BCUT2D eigenvalue weighted by atomic mass is 9.93. The van der Waals surface area contributed by atoms with Crippen LogP contribution in [0, 0.1) is 6.92 Å². The molecule has 4 bridgehead atoms. The summed E-state index contributed by atoms with van der Waals surface area (Å²) in [6.07, 6.45) is 3.06. The van der Waals surface area contributed by atoms with Gasteiger partial charge < -0.3 is 63.4 Å². The number of phenols is 1. The number of unbranched alkanes of at least 4 members (excludes halogenated alkanes) is 1. The van der Waals surface area contributed by atoms with Gasteiger partial charge in [0.15, 0.2) is 0 Å². The van der Waals surface area contributed by atoms with Gasteiger partial charge in [-0.3, -0.25) is 24.0 Å². The molecule has 0 unspecified atom stereocenters. The van der Waals surface area contributed by atoms with E-state index in [4.69, 9.17) is 0 Å². The summed E-state index contributed by atoms with van der Waals surface area (Å²) in [6, 6.07) is 7.72. The van der Waals surface area contributed by atoms with Gasteiger partial charge >= 0.3 is 0 Å². The smallest absolute Gasteiger partial charge is 0.243 e. The summed E-state index contributed by atoms with van der Waals surface area (Å²) in [5, 5.41) is 51.0. The van der Waals surface area contributed by atoms with Crippen molar-refractivity contribution < 1.29 is 34.2 Å². The van der Waals surface area contributed by atoms with Crippen LogP contribution < -0.4 is 53.2 Å². The van der Waals surface area contributed by atoms with E-state index < -0.39 is 42.0 Å². The van der Waals surface area contributed by atoms with E-state index in [1.165, 1.54) is 0 Å². The predicted octanol–water partition coefficient (Wildman–Crippen LogP) is -0.921. The molecule has 17 heteroatoms. The minimum atomic E-state index is -1.20. The quantitative estimate of drug-likeness (QED) is 0.0609. The Morgan fingerprint density at radius 1 is 0.767 bits per heavy atom. The van der Waals surface area contributed by atoms with Crippen LogP contribution in [0.2, 0.25) is 0 Å². The van der Waals surface area contributed by atoms with Gasteiger partial charge in [-0.05, 0) is 121 Å². The normalized spacial score (nSPS) is 18.5. The zero-order valence-corrected chi connectivity index (χ0v) is 36.3. The van der Waals surface area contributed by atoms with Crippen LogP contribution in [0.1, 0.15) is 61.6 Å². The first-order valence-corrected chi connectivity index (χ1v) is 21.2. The van der Waals surface area contributed by atoms with Crippen molar-refractivity contribution in [2.75, 3.05) is 68.0 Å². The number of fused-ring (bicyclic) bond motifs is 5. The van der Waals surface area contributed by atoms with E-state index in [0.29, 0.717) is 37.9 Å². The topological polar surface area (TPSA) is 246 Å². The Morgan fingerprint density at radius 2 is 1.50 bits per heavy atom. The van der Waals surface area contributed by atoms with Gasteiger partial charge in [0.2, 0.25) is 29.5 Å². The van der Waals surface area contributed by atoms with Crippen LogP contribution in [-0.4, -0.2) is 144 Å². The highest BCUT2D eigenvalue weighted by Crippen LogP contribution is 2.29. The van der Waals surface area contributed by atoms with Crippen LogP contribution in [0.4, 0.5) is 0 Å². The number of hydrogen-bond donors (Lipinski definition) is 12. The lowest BCUT2D eigenvalue weighted by Gasteiger charge is -2.26. The highest BCUT2D eigenvalue weighted by atomic mass is 16.3. The maximum absolute atomic E-state index is 13.9. The Labute approximate surface area is 355 Å². The molecule has 0 spiro atoms. The van der Waals surface area contributed by atoms with Crippen molar-refractivity contribution in [3.63, 3.8) is 0 Å². The number of nitrogens with one attached hydrogen (secondary N) is 10. The first-order valence-electron chi connectivity index (χ1n) is 21.2. The number of benzene rings is 2. The summed E-state index contributed by atoms with van der Waals surface area (Å²) in [6.45, 7) is 3.97. The fraction of sp³-hybridized carbons (Fsp3) is 0.605. The molecule has 60 heavy (non-hydrogen) atoms. The average Bonchev–Trinajstić information content (AvgIpc) is 3.22. The highest BCUT2D eigenvalue weighted by Gasteiger charge is 2.31. The number of likely N-dealkylation sites (N-methyl/N-ethyl adjacent to an activating group) is 4. The summed E-state index contributed by atoms with van der Waals surface area (Å²) in [5.74, 6) is -1.97. The Balaban J connectivity index is 1.65. The molecular formula is C43H70N10O7. The van der Waals surface area contributed by atoms with Gasteiger partial charge in [-0.2, -0.15) is 0 Å². The van der Waals surface area contributed by atoms with Crippen molar-refractivity contribution in [3.8, 4) is 16.9 Å². The van der Waals surface area contributed by atoms with Crippen molar-refractivity contribution in [2.45, 2.75) is 101 Å². The number of phenolic OH excluding ortho intramolecular Hbond substituents is 1. The third kappa shape index (κ3) is 16.4. The number of aryl methyl sites for hydroxylation is 1. The van der Waals surface area contributed by atoms with E-state index in [1.54, 1.807) is 33.3 Å². The van der Waals surface area contributed by atoms with Crippen LogP contribution in [0.5, 0.6) is 5.75 Å². The fourth-order valence-corrected chi connectivity index (χ4v) is 7.18. The number of aliphatic hydroxyl groups is 1. The maximum atomic E-state index is 13.9. The Kier molecular flexibility index (Phi) is 22.0. The molecule has 5 amide bonds. The van der Waals surface area contributed by atoms with Gasteiger partial charge in [0.25, 0.3) is 0 Å². The Bertz CT molecular complexity index is 1700. The minimum absolute atomic E-state index is 0.00684. The first-order chi connectivity index (χ1) is 28.8. The van der Waals surface area contributed by atoms with Crippen molar-refractivity contribution in [1.29, 1.82) is 0 Å². The second-order valence-corrected chi connectivity index (χ2v) is 15.5. The molecule has 1 aliphatic rings. The van der Waals surface area contributed by atoms with E-state index in [1.807, 2.05) is 45.3 Å². The number of hydrogen-bond acceptors (Lipinski definition) is 12. The molecule has 6 atom stereocenters. The SMILES string of the molecule is CNCCC[C@@H](CNC(=O)[C@H](CCCCNC(=O)CCNC(=O)[C@@H]1Cc2cc(ccc2C)-c2ccc(O)c(c2)C[C@H](NC)C(=O)N[C@@H](C[C@@H](O)CNC)C(=O)N1)NC)NC. The summed E-state index contributed by atoms with van der Waals surface area (Å²) >= 11 is 0. The van der Waals surface area contributed by atoms with Crippen LogP contribution in [-0.2, 0) is 36.8 Å². The first kappa shape index (κ1) is 49.7. The molecule has 0 aromatic heterocycles. The number of aliphatic hydroxyl groups excluding tert-OH is 1. The van der Waals surface area contributed by atoms with E-state index in [2.05, 4.69) is 53.2 Å². The lowest BCUT2D eigenvalue weighted by Crippen LogP contribution is -2.57. The van der Waals surface area contributed by atoms with Crippen LogP contribution in [0.15, 0.2) is 36.4 Å². The highest BCUT2D eigenvalue weighted by molar-refractivity contribution is 5.93. The van der Waals surface area contributed by atoms with Crippen molar-refractivity contribution in [1.82, 2.24) is 53.2 Å². The standard InChI is InChI=1S/C43H70N10O7/c1-27-12-13-28-20-30(27)22-36(52-43(60)37(24-33(54)26-45-3)53-42(59)35(48-6)23-31-21-29(28)14-15-38(31)55)41(58)50-19-16-39(56)49-18-8-7-11-34(47-5)40(57)51-25-32(46-4)10-9-17-44-2/h12-15,20-21,32-37,44-48,54-55H,7-11,16-19,22-26H2,1-6H3,(H,49,56)(H,50,58)(H,51,57)(H,52,60)(H,53,59)/t32-,33+,34-,35-,36-,37-/m0/s1. The van der Waals surface area contributed by atoms with Crippen LogP contribution in [0.3, 0.4) is 0 Å². The van der Waals surface area contributed by atoms with E-state index >= 15 is 0 Å². The molecule has 3 rings (SSSR count). The second-order valence-electron chi connectivity index (χ2n) is 15.5. The van der Waals surface area contributed by atoms with E-state index in [0.717, 1.165) is 41.6 Å². The molecule has 0 saturated heterocycles. The molecule has 2 aromatic rings. The largest absolute Gasteiger partial charge is 0.508 e. The molecule has 0 radical (unpaired) electrons. The molecule has 1 heterocycles. The van der Waals surface area contributed by atoms with Gasteiger partial charge in [-0.25, -0.2) is 0 Å². The van der Waals surface area contributed by atoms with Gasteiger partial charge in [0.05, 0.1) is 18.2 Å². The minimum Gasteiger partial charge on any atom is -0.508 e. The second kappa shape index (κ2) is 26.5. The molecule has 0 fully saturated rings. The summed E-state index contributed by atoms with van der Waals surface area (Å²) < 4.78 is 0. The maximum Gasteiger partial charge on any atom is 0.243 e. The third-order valence-corrected chi connectivity index (χ3v) is 11.0. The zero-order chi connectivity index (χ0) is 44.0. The average molecular weight is 839 g/mol. The van der Waals surface area contributed by atoms with Gasteiger partial charge in [0, 0.05) is 57.9 Å². The van der Waals surface area contributed by atoms with Crippen molar-refractivity contribution in [3.05, 3.63) is 53.1 Å². The molecule has 0 saturated carbocycles. The van der Waals surface area contributed by atoms with Gasteiger partial charge in [-0.15, -0.1) is 0 Å². The zero-order valence-electron chi connectivity index (χ0n) is 36.3. The number of carbonyl (C=O) groups is 5. The number of aromatic hydroxyl groups is 1. The molecule has 1 aliphatic heterocycles. The van der Waals surface area contributed by atoms with Gasteiger partial charge in [0.1, 0.15) is 17.8 Å².